The molecule has 1 aliphatic rings. The number of guanidine groups is 1. The fourth-order valence-electron chi connectivity index (χ4n) is 3.58. The van der Waals surface area contributed by atoms with E-state index in [1.165, 1.54) is 43.5 Å². The third-order valence-corrected chi connectivity index (χ3v) is 5.16. The molecule has 1 heterocycles. The normalized spacial score (nSPS) is 14.5. The lowest BCUT2D eigenvalue weighted by atomic mass is 10.1. The molecular weight excluding hydrogens is 485 g/mol. The molecule has 3 rings (SSSR count). The Balaban J connectivity index is 0.00000320. The van der Waals surface area contributed by atoms with Crippen LogP contribution in [0.2, 0.25) is 0 Å². The highest BCUT2D eigenvalue weighted by Gasteiger charge is 2.10. The Morgan fingerprint density at radius 2 is 1.73 bits per heavy atom. The van der Waals surface area contributed by atoms with Crippen molar-refractivity contribution in [3.8, 4) is 6.07 Å². The first kappa shape index (κ1) is 24.2. The summed E-state index contributed by atoms with van der Waals surface area (Å²) >= 11 is 0. The molecule has 0 aliphatic carbocycles. The van der Waals surface area contributed by atoms with Crippen molar-refractivity contribution in [3.05, 3.63) is 70.8 Å². The Labute approximate surface area is 197 Å². The van der Waals surface area contributed by atoms with Crippen LogP contribution in [0.15, 0.2) is 53.5 Å². The molecule has 0 radical (unpaired) electrons. The van der Waals surface area contributed by atoms with Gasteiger partial charge in [-0.1, -0.05) is 42.8 Å². The molecule has 5 nitrogen and oxygen atoms in total. The quantitative estimate of drug-likeness (QED) is 0.325. The van der Waals surface area contributed by atoms with Gasteiger partial charge in [0.2, 0.25) is 0 Å². The molecule has 0 bridgehead atoms. The molecule has 2 aromatic carbocycles. The Morgan fingerprint density at radius 1 is 1.00 bits per heavy atom. The number of benzene rings is 2. The minimum Gasteiger partial charge on any atom is -0.357 e. The van der Waals surface area contributed by atoms with Gasteiger partial charge in [-0.25, -0.2) is 4.99 Å². The number of hydrogen-bond donors (Lipinski definition) is 2. The van der Waals surface area contributed by atoms with Crippen LogP contribution in [0.25, 0.3) is 0 Å². The Bertz CT molecular complexity index is 835. The van der Waals surface area contributed by atoms with Gasteiger partial charge in [0, 0.05) is 19.6 Å². The number of nitrogens with zero attached hydrogens (tertiary/aromatic N) is 3. The molecule has 0 saturated carbocycles. The van der Waals surface area contributed by atoms with Crippen molar-refractivity contribution in [2.75, 3.05) is 19.6 Å². The molecule has 30 heavy (non-hydrogen) atoms. The standard InChI is InChI=1S/C24H31N5.HI/c1-2-26-24(28-18-23-8-6-7-22(15-23)16-25)27-17-20-9-11-21(12-10-20)19-29-13-4-3-5-14-29;/h6-12,15H,2-5,13-14,17-19H2,1H3,(H2,26,27,28);1H. The zero-order valence-electron chi connectivity index (χ0n) is 17.7. The fraction of sp³-hybridized carbons (Fsp3) is 0.417. The van der Waals surface area contributed by atoms with E-state index in [0.717, 1.165) is 31.2 Å². The van der Waals surface area contributed by atoms with E-state index in [2.05, 4.69) is 57.8 Å². The lowest BCUT2D eigenvalue weighted by Crippen LogP contribution is -2.36. The molecular formula is C24H32IN5. The average molecular weight is 517 g/mol. The molecule has 0 atom stereocenters. The van der Waals surface area contributed by atoms with Crippen molar-refractivity contribution in [1.29, 1.82) is 5.26 Å². The van der Waals surface area contributed by atoms with Crippen LogP contribution >= 0.6 is 24.0 Å². The van der Waals surface area contributed by atoms with Crippen LogP contribution in [-0.4, -0.2) is 30.5 Å². The van der Waals surface area contributed by atoms with Gasteiger partial charge in [0.05, 0.1) is 18.2 Å². The van der Waals surface area contributed by atoms with Crippen LogP contribution in [0.3, 0.4) is 0 Å². The zero-order chi connectivity index (χ0) is 20.3. The smallest absolute Gasteiger partial charge is 0.191 e. The summed E-state index contributed by atoms with van der Waals surface area (Å²) in [5.41, 5.74) is 4.32. The molecule has 2 aromatic rings. The van der Waals surface area contributed by atoms with E-state index in [4.69, 9.17) is 5.26 Å². The van der Waals surface area contributed by atoms with E-state index in [1.54, 1.807) is 0 Å². The van der Waals surface area contributed by atoms with E-state index in [0.29, 0.717) is 12.1 Å². The highest BCUT2D eigenvalue weighted by atomic mass is 127. The van der Waals surface area contributed by atoms with E-state index >= 15 is 0 Å². The maximum atomic E-state index is 9.03. The van der Waals surface area contributed by atoms with E-state index < -0.39 is 0 Å². The topological polar surface area (TPSA) is 63.5 Å². The number of aliphatic imine (C=N–C) groups is 1. The second kappa shape index (κ2) is 13.2. The lowest BCUT2D eigenvalue weighted by Gasteiger charge is -2.26. The minimum atomic E-state index is 0. The molecule has 1 aliphatic heterocycles. The molecule has 6 heteroatoms. The number of halogens is 1. The van der Waals surface area contributed by atoms with Gasteiger partial charge in [-0.15, -0.1) is 24.0 Å². The third-order valence-electron chi connectivity index (χ3n) is 5.16. The van der Waals surface area contributed by atoms with Gasteiger partial charge in [0.1, 0.15) is 0 Å². The molecule has 160 valence electrons. The largest absolute Gasteiger partial charge is 0.357 e. The van der Waals surface area contributed by atoms with Gasteiger partial charge in [-0.2, -0.15) is 5.26 Å². The third kappa shape index (κ3) is 7.96. The van der Waals surface area contributed by atoms with Gasteiger partial charge in [-0.05, 0) is 61.7 Å². The second-order valence-electron chi connectivity index (χ2n) is 7.51. The highest BCUT2D eigenvalue weighted by Crippen LogP contribution is 2.13. The van der Waals surface area contributed by atoms with Crippen molar-refractivity contribution in [1.82, 2.24) is 15.5 Å². The number of rotatable bonds is 7. The van der Waals surface area contributed by atoms with E-state index in [1.807, 2.05) is 24.3 Å². The van der Waals surface area contributed by atoms with Crippen LogP contribution < -0.4 is 10.6 Å². The lowest BCUT2D eigenvalue weighted by molar-refractivity contribution is 0.221. The molecule has 0 amide bonds. The molecule has 0 unspecified atom stereocenters. The average Bonchev–Trinajstić information content (AvgIpc) is 2.77. The Morgan fingerprint density at radius 3 is 2.43 bits per heavy atom. The number of nitrogens with one attached hydrogen (secondary N) is 2. The van der Waals surface area contributed by atoms with Crippen LogP contribution in [-0.2, 0) is 19.6 Å². The fourth-order valence-corrected chi connectivity index (χ4v) is 3.58. The predicted molar refractivity (Wildman–Crippen MR) is 134 cm³/mol. The van der Waals surface area contributed by atoms with E-state index in [9.17, 15) is 0 Å². The summed E-state index contributed by atoms with van der Waals surface area (Å²) in [6, 6.07) is 18.6. The molecule has 0 spiro atoms. The van der Waals surface area contributed by atoms with Gasteiger partial charge in [0.25, 0.3) is 0 Å². The van der Waals surface area contributed by atoms with Crippen molar-refractivity contribution < 1.29 is 0 Å². The molecule has 0 aromatic heterocycles. The number of hydrogen-bond acceptors (Lipinski definition) is 3. The summed E-state index contributed by atoms with van der Waals surface area (Å²) in [5, 5.41) is 15.7. The van der Waals surface area contributed by atoms with Crippen molar-refractivity contribution in [2.24, 2.45) is 4.99 Å². The molecule has 1 fully saturated rings. The van der Waals surface area contributed by atoms with Crippen LogP contribution in [0.1, 0.15) is 48.4 Å². The second-order valence-corrected chi connectivity index (χ2v) is 7.51. The van der Waals surface area contributed by atoms with Crippen LogP contribution in [0.4, 0.5) is 0 Å². The predicted octanol–water partition coefficient (Wildman–Crippen LogP) is 4.42. The van der Waals surface area contributed by atoms with Crippen molar-refractivity contribution in [3.63, 3.8) is 0 Å². The van der Waals surface area contributed by atoms with E-state index in [-0.39, 0.29) is 24.0 Å². The molecule has 2 N–H and O–H groups in total. The molecule has 1 saturated heterocycles. The number of likely N-dealkylation sites (tertiary alicyclic amines) is 1. The minimum absolute atomic E-state index is 0. The first-order chi connectivity index (χ1) is 14.3. The van der Waals surface area contributed by atoms with Crippen molar-refractivity contribution >= 4 is 29.9 Å². The first-order valence-electron chi connectivity index (χ1n) is 10.6. The van der Waals surface area contributed by atoms with Gasteiger partial charge in [0.15, 0.2) is 5.96 Å². The first-order valence-corrected chi connectivity index (χ1v) is 10.6. The highest BCUT2D eigenvalue weighted by molar-refractivity contribution is 14.0. The summed E-state index contributed by atoms with van der Waals surface area (Å²) in [5.74, 6) is 0.784. The van der Waals surface area contributed by atoms with Gasteiger partial charge >= 0.3 is 0 Å². The maximum absolute atomic E-state index is 9.03. The van der Waals surface area contributed by atoms with Gasteiger partial charge < -0.3 is 10.6 Å². The van der Waals surface area contributed by atoms with Crippen molar-refractivity contribution in [2.45, 2.75) is 45.8 Å². The zero-order valence-corrected chi connectivity index (χ0v) is 20.1. The summed E-state index contributed by atoms with van der Waals surface area (Å²) in [6.45, 7) is 7.64. The Kier molecular flexibility index (Phi) is 10.7. The van der Waals surface area contributed by atoms with Crippen LogP contribution in [0, 0.1) is 11.3 Å². The van der Waals surface area contributed by atoms with Gasteiger partial charge in [-0.3, -0.25) is 4.90 Å². The monoisotopic (exact) mass is 517 g/mol. The number of nitriles is 1. The number of piperidine rings is 1. The summed E-state index contributed by atoms with van der Waals surface area (Å²) in [6.07, 6.45) is 4.03. The van der Waals surface area contributed by atoms with Crippen LogP contribution in [0.5, 0.6) is 0 Å². The summed E-state index contributed by atoms with van der Waals surface area (Å²) in [7, 11) is 0. The summed E-state index contributed by atoms with van der Waals surface area (Å²) < 4.78 is 0. The SMILES string of the molecule is CCNC(=NCc1cccc(C#N)c1)NCc1ccc(CN2CCCCC2)cc1.I. The summed E-state index contributed by atoms with van der Waals surface area (Å²) in [4.78, 5) is 7.20. The Hall–Kier alpha value is -2.11. The maximum Gasteiger partial charge on any atom is 0.191 e.